The molecular formula is C22H27NO6S. The van der Waals surface area contributed by atoms with Crippen LogP contribution in [0.15, 0.2) is 47.4 Å². The number of esters is 1. The van der Waals surface area contributed by atoms with Gasteiger partial charge in [-0.2, -0.15) is 0 Å². The van der Waals surface area contributed by atoms with E-state index in [4.69, 9.17) is 14.2 Å². The Morgan fingerprint density at radius 1 is 1.07 bits per heavy atom. The summed E-state index contributed by atoms with van der Waals surface area (Å²) >= 11 is 0. The molecule has 1 saturated carbocycles. The van der Waals surface area contributed by atoms with E-state index in [0.717, 1.165) is 31.2 Å². The van der Waals surface area contributed by atoms with Crippen molar-refractivity contribution in [3.8, 4) is 11.5 Å². The van der Waals surface area contributed by atoms with Gasteiger partial charge >= 0.3 is 5.97 Å². The fourth-order valence-corrected chi connectivity index (χ4v) is 4.85. The fourth-order valence-electron chi connectivity index (χ4n) is 3.35. The van der Waals surface area contributed by atoms with E-state index in [-0.39, 0.29) is 35.5 Å². The summed E-state index contributed by atoms with van der Waals surface area (Å²) in [6, 6.07) is 11.7. The molecule has 0 heterocycles. The van der Waals surface area contributed by atoms with Crippen LogP contribution in [0.4, 0.5) is 0 Å². The minimum absolute atomic E-state index is 0.0428. The quantitative estimate of drug-likeness (QED) is 0.481. The second kappa shape index (κ2) is 9.95. The molecule has 7 nitrogen and oxygen atoms in total. The molecule has 1 aliphatic rings. The second-order valence-electron chi connectivity index (χ2n) is 7.27. The first-order valence-electron chi connectivity index (χ1n) is 9.96. The standard InChI is InChI=1S/C22H27NO6S/c1-16-7-10-19(11-8-16)28-13-14-29-22(24)17-9-12-20(27-2)21(15-17)30(25,26)23-18-5-3-4-6-18/h7-12,15,18,23H,3-6,13-14H2,1-2H3. The van der Waals surface area contributed by atoms with Gasteiger partial charge < -0.3 is 14.2 Å². The third-order valence-corrected chi connectivity index (χ3v) is 6.51. The van der Waals surface area contributed by atoms with E-state index in [1.165, 1.54) is 25.3 Å². The van der Waals surface area contributed by atoms with E-state index < -0.39 is 16.0 Å². The number of hydrogen-bond donors (Lipinski definition) is 1. The largest absolute Gasteiger partial charge is 0.495 e. The maximum absolute atomic E-state index is 12.8. The molecule has 1 fully saturated rings. The number of rotatable bonds is 9. The molecule has 0 aromatic heterocycles. The van der Waals surface area contributed by atoms with Crippen molar-refractivity contribution in [3.05, 3.63) is 53.6 Å². The van der Waals surface area contributed by atoms with Gasteiger partial charge in [0.25, 0.3) is 0 Å². The summed E-state index contributed by atoms with van der Waals surface area (Å²) in [5.41, 5.74) is 1.26. The Morgan fingerprint density at radius 2 is 1.77 bits per heavy atom. The van der Waals surface area contributed by atoms with E-state index in [2.05, 4.69) is 4.72 Å². The SMILES string of the molecule is COc1ccc(C(=O)OCCOc2ccc(C)cc2)cc1S(=O)(=O)NC1CCCC1. The van der Waals surface area contributed by atoms with Crippen molar-refractivity contribution >= 4 is 16.0 Å². The summed E-state index contributed by atoms with van der Waals surface area (Å²) in [5.74, 6) is 0.245. The predicted molar refractivity (Wildman–Crippen MR) is 113 cm³/mol. The molecule has 30 heavy (non-hydrogen) atoms. The molecule has 0 radical (unpaired) electrons. The Balaban J connectivity index is 1.62. The van der Waals surface area contributed by atoms with Gasteiger partial charge in [-0.3, -0.25) is 0 Å². The van der Waals surface area contributed by atoms with Crippen molar-refractivity contribution in [3.63, 3.8) is 0 Å². The van der Waals surface area contributed by atoms with Gasteiger partial charge in [-0.05, 0) is 50.1 Å². The van der Waals surface area contributed by atoms with Crippen LogP contribution in [0.2, 0.25) is 0 Å². The molecule has 0 spiro atoms. The number of benzene rings is 2. The Bertz CT molecular complexity index is 966. The minimum atomic E-state index is -3.81. The first kappa shape index (κ1) is 22.1. The molecule has 0 amide bonds. The number of nitrogens with one attached hydrogen (secondary N) is 1. The average molecular weight is 434 g/mol. The first-order chi connectivity index (χ1) is 14.4. The van der Waals surface area contributed by atoms with E-state index in [1.54, 1.807) is 0 Å². The Kier molecular flexibility index (Phi) is 7.33. The molecule has 0 atom stereocenters. The van der Waals surface area contributed by atoms with Gasteiger partial charge in [-0.15, -0.1) is 0 Å². The van der Waals surface area contributed by atoms with Crippen LogP contribution in [0.25, 0.3) is 0 Å². The van der Waals surface area contributed by atoms with Crippen molar-refractivity contribution in [1.82, 2.24) is 4.72 Å². The normalized spacial score (nSPS) is 14.5. The van der Waals surface area contributed by atoms with Crippen LogP contribution in [0.5, 0.6) is 11.5 Å². The second-order valence-corrected chi connectivity index (χ2v) is 8.95. The molecule has 1 N–H and O–H groups in total. The van der Waals surface area contributed by atoms with E-state index in [0.29, 0.717) is 5.75 Å². The van der Waals surface area contributed by atoms with Crippen LogP contribution < -0.4 is 14.2 Å². The number of carbonyl (C=O) groups is 1. The lowest BCUT2D eigenvalue weighted by Gasteiger charge is -2.15. The average Bonchev–Trinajstić information content (AvgIpc) is 3.24. The van der Waals surface area contributed by atoms with Crippen molar-refractivity contribution in [2.45, 2.75) is 43.5 Å². The monoisotopic (exact) mass is 433 g/mol. The Hall–Kier alpha value is -2.58. The third-order valence-electron chi connectivity index (χ3n) is 4.97. The Labute approximate surface area is 177 Å². The number of aryl methyl sites for hydroxylation is 1. The molecule has 0 unspecified atom stereocenters. The predicted octanol–water partition coefficient (Wildman–Crippen LogP) is 3.46. The summed E-state index contributed by atoms with van der Waals surface area (Å²) in [5, 5.41) is 0. The Morgan fingerprint density at radius 3 is 2.43 bits per heavy atom. The molecule has 0 bridgehead atoms. The van der Waals surface area contributed by atoms with Crippen molar-refractivity contribution in [1.29, 1.82) is 0 Å². The highest BCUT2D eigenvalue weighted by atomic mass is 32.2. The number of methoxy groups -OCH3 is 1. The van der Waals surface area contributed by atoms with Gasteiger partial charge in [0.2, 0.25) is 10.0 Å². The molecular weight excluding hydrogens is 406 g/mol. The van der Waals surface area contributed by atoms with Crippen LogP contribution in [0.3, 0.4) is 0 Å². The van der Waals surface area contributed by atoms with Crippen molar-refractivity contribution in [2.24, 2.45) is 0 Å². The summed E-state index contributed by atoms with van der Waals surface area (Å²) in [7, 11) is -2.42. The van der Waals surface area contributed by atoms with Crippen molar-refractivity contribution < 1.29 is 27.4 Å². The number of sulfonamides is 1. The first-order valence-corrected chi connectivity index (χ1v) is 11.4. The summed E-state index contributed by atoms with van der Waals surface area (Å²) < 4.78 is 44.3. The molecule has 0 aliphatic heterocycles. The van der Waals surface area contributed by atoms with Gasteiger partial charge in [-0.1, -0.05) is 30.5 Å². The van der Waals surface area contributed by atoms with Crippen molar-refractivity contribution in [2.75, 3.05) is 20.3 Å². The lowest BCUT2D eigenvalue weighted by atomic mass is 10.2. The maximum Gasteiger partial charge on any atom is 0.338 e. The zero-order chi connectivity index (χ0) is 21.6. The lowest BCUT2D eigenvalue weighted by molar-refractivity contribution is 0.0450. The molecule has 1 aliphatic carbocycles. The van der Waals surface area contributed by atoms with E-state index in [9.17, 15) is 13.2 Å². The lowest BCUT2D eigenvalue weighted by Crippen LogP contribution is -2.33. The zero-order valence-electron chi connectivity index (χ0n) is 17.2. The van der Waals surface area contributed by atoms with Gasteiger partial charge in [0, 0.05) is 6.04 Å². The summed E-state index contributed by atoms with van der Waals surface area (Å²) in [6.45, 7) is 2.22. The zero-order valence-corrected chi connectivity index (χ0v) is 18.0. The highest BCUT2D eigenvalue weighted by Gasteiger charge is 2.26. The molecule has 2 aromatic carbocycles. The van der Waals surface area contributed by atoms with Gasteiger partial charge in [0.1, 0.15) is 29.6 Å². The maximum atomic E-state index is 12.8. The smallest absolute Gasteiger partial charge is 0.338 e. The van der Waals surface area contributed by atoms with Crippen LogP contribution in [0.1, 0.15) is 41.6 Å². The summed E-state index contributed by atoms with van der Waals surface area (Å²) in [6.07, 6.45) is 3.62. The molecule has 8 heteroatoms. The van der Waals surface area contributed by atoms with E-state index >= 15 is 0 Å². The van der Waals surface area contributed by atoms with Gasteiger partial charge in [0.05, 0.1) is 12.7 Å². The van der Waals surface area contributed by atoms with Crippen LogP contribution >= 0.6 is 0 Å². The number of hydrogen-bond acceptors (Lipinski definition) is 6. The molecule has 0 saturated heterocycles. The minimum Gasteiger partial charge on any atom is -0.495 e. The number of ether oxygens (including phenoxy) is 3. The van der Waals surface area contributed by atoms with E-state index in [1.807, 2.05) is 31.2 Å². The number of carbonyl (C=O) groups excluding carboxylic acids is 1. The van der Waals surface area contributed by atoms with Crippen LogP contribution in [-0.4, -0.2) is 40.8 Å². The van der Waals surface area contributed by atoms with Crippen LogP contribution in [-0.2, 0) is 14.8 Å². The highest BCUT2D eigenvalue weighted by Crippen LogP contribution is 2.27. The molecule has 162 valence electrons. The van der Waals surface area contributed by atoms with Gasteiger partial charge in [0.15, 0.2) is 0 Å². The van der Waals surface area contributed by atoms with Crippen LogP contribution in [0, 0.1) is 6.92 Å². The van der Waals surface area contributed by atoms with Gasteiger partial charge in [-0.25, -0.2) is 17.9 Å². The highest BCUT2D eigenvalue weighted by molar-refractivity contribution is 7.89. The summed E-state index contributed by atoms with van der Waals surface area (Å²) in [4.78, 5) is 12.3. The fraction of sp³-hybridized carbons (Fsp3) is 0.409. The topological polar surface area (TPSA) is 90.9 Å². The third kappa shape index (κ3) is 5.73. The molecule has 3 rings (SSSR count). The molecule has 2 aromatic rings.